The second-order valence-corrected chi connectivity index (χ2v) is 6.38. The molecule has 0 unspecified atom stereocenters. The van der Waals surface area contributed by atoms with Gasteiger partial charge in [-0.25, -0.2) is 0 Å². The van der Waals surface area contributed by atoms with Crippen LogP contribution in [0.15, 0.2) is 18.2 Å². The van der Waals surface area contributed by atoms with E-state index in [0.29, 0.717) is 35.6 Å². The van der Waals surface area contributed by atoms with Crippen molar-refractivity contribution in [3.8, 4) is 11.5 Å². The molecule has 2 rings (SSSR count). The number of nitrogens with one attached hydrogen (secondary N) is 1. The highest BCUT2D eigenvalue weighted by Crippen LogP contribution is 2.28. The predicted octanol–water partition coefficient (Wildman–Crippen LogP) is 3.79. The van der Waals surface area contributed by atoms with Crippen LogP contribution in [0.1, 0.15) is 56.3 Å². The molecule has 0 heterocycles. The van der Waals surface area contributed by atoms with Crippen LogP contribution in [0.4, 0.5) is 0 Å². The Labute approximate surface area is 133 Å². The van der Waals surface area contributed by atoms with Gasteiger partial charge in [-0.15, -0.1) is 0 Å². The van der Waals surface area contributed by atoms with Crippen molar-refractivity contribution in [3.05, 3.63) is 23.8 Å². The van der Waals surface area contributed by atoms with Gasteiger partial charge in [0, 0.05) is 11.6 Å². The lowest BCUT2D eigenvalue weighted by atomic mass is 9.95. The Morgan fingerprint density at radius 1 is 1.23 bits per heavy atom. The Kier molecular flexibility index (Phi) is 6.10. The van der Waals surface area contributed by atoms with Crippen molar-refractivity contribution in [2.45, 2.75) is 52.0 Å². The van der Waals surface area contributed by atoms with Gasteiger partial charge in [0.2, 0.25) is 0 Å². The zero-order chi connectivity index (χ0) is 15.9. The summed E-state index contributed by atoms with van der Waals surface area (Å²) < 4.78 is 11.1. The number of carbonyl (C=O) groups is 1. The fourth-order valence-electron chi connectivity index (χ4n) is 2.70. The average molecular weight is 305 g/mol. The molecule has 1 amide bonds. The molecule has 0 atom stereocenters. The van der Waals surface area contributed by atoms with Gasteiger partial charge in [0.25, 0.3) is 5.91 Å². The zero-order valence-corrected chi connectivity index (χ0v) is 13.9. The van der Waals surface area contributed by atoms with Crippen LogP contribution in [0.25, 0.3) is 0 Å². The molecule has 122 valence electrons. The number of rotatable bonds is 6. The molecule has 1 aliphatic carbocycles. The minimum atomic E-state index is -0.0272. The zero-order valence-electron chi connectivity index (χ0n) is 13.9. The summed E-state index contributed by atoms with van der Waals surface area (Å²) in [5, 5.41) is 3.12. The molecule has 0 aromatic heterocycles. The predicted molar refractivity (Wildman–Crippen MR) is 87.7 cm³/mol. The fraction of sp³-hybridized carbons (Fsp3) is 0.611. The van der Waals surface area contributed by atoms with Gasteiger partial charge >= 0.3 is 0 Å². The largest absolute Gasteiger partial charge is 0.493 e. The number of amides is 1. The highest BCUT2D eigenvalue weighted by atomic mass is 16.5. The molecule has 22 heavy (non-hydrogen) atoms. The van der Waals surface area contributed by atoms with E-state index in [4.69, 9.17) is 9.47 Å². The van der Waals surface area contributed by atoms with Gasteiger partial charge in [-0.2, -0.15) is 0 Å². The maximum atomic E-state index is 12.4. The van der Waals surface area contributed by atoms with E-state index >= 15 is 0 Å². The monoisotopic (exact) mass is 305 g/mol. The molecule has 1 aromatic rings. The first-order valence-electron chi connectivity index (χ1n) is 8.22. The first-order chi connectivity index (χ1) is 10.6. The van der Waals surface area contributed by atoms with Crippen molar-refractivity contribution in [2.24, 2.45) is 5.92 Å². The second kappa shape index (κ2) is 8.06. The maximum absolute atomic E-state index is 12.4. The lowest BCUT2D eigenvalue weighted by Crippen LogP contribution is -2.36. The van der Waals surface area contributed by atoms with E-state index < -0.39 is 0 Å². The summed E-state index contributed by atoms with van der Waals surface area (Å²) in [7, 11) is 1.60. The normalized spacial score (nSPS) is 15.6. The van der Waals surface area contributed by atoms with E-state index in [1.54, 1.807) is 19.2 Å². The molecule has 4 heteroatoms. The summed E-state index contributed by atoms with van der Waals surface area (Å²) in [6, 6.07) is 5.69. The van der Waals surface area contributed by atoms with Crippen molar-refractivity contribution >= 4 is 5.91 Å². The lowest BCUT2D eigenvalue weighted by Gasteiger charge is -2.23. The highest BCUT2D eigenvalue weighted by molar-refractivity contribution is 5.95. The van der Waals surface area contributed by atoms with Gasteiger partial charge < -0.3 is 14.8 Å². The molecule has 1 saturated carbocycles. The Morgan fingerprint density at radius 2 is 1.95 bits per heavy atom. The van der Waals surface area contributed by atoms with Gasteiger partial charge in [0.1, 0.15) is 0 Å². The third-order valence-corrected chi connectivity index (χ3v) is 3.94. The Morgan fingerprint density at radius 3 is 2.59 bits per heavy atom. The SMILES string of the molecule is COc1cc(C(=O)NC2CCCCC2)ccc1OCC(C)C. The number of methoxy groups -OCH3 is 1. The molecule has 1 fully saturated rings. The van der Waals surface area contributed by atoms with Crippen molar-refractivity contribution in [2.75, 3.05) is 13.7 Å². The molecule has 4 nitrogen and oxygen atoms in total. The lowest BCUT2D eigenvalue weighted by molar-refractivity contribution is 0.0927. The average Bonchev–Trinajstić information content (AvgIpc) is 2.53. The van der Waals surface area contributed by atoms with E-state index in [1.807, 2.05) is 6.07 Å². The van der Waals surface area contributed by atoms with E-state index in [0.717, 1.165) is 12.8 Å². The summed E-state index contributed by atoms with van der Waals surface area (Å²) in [6.07, 6.45) is 5.85. The number of benzene rings is 1. The molecule has 1 aromatic carbocycles. The first-order valence-corrected chi connectivity index (χ1v) is 8.22. The number of carbonyl (C=O) groups excluding carboxylic acids is 1. The standard InChI is InChI=1S/C18H27NO3/c1-13(2)12-22-16-10-9-14(11-17(16)21-3)18(20)19-15-7-5-4-6-8-15/h9-11,13,15H,4-8,12H2,1-3H3,(H,19,20). The smallest absolute Gasteiger partial charge is 0.251 e. The molecule has 0 aliphatic heterocycles. The molecule has 0 radical (unpaired) electrons. The molecular formula is C18H27NO3. The molecule has 0 spiro atoms. The topological polar surface area (TPSA) is 47.6 Å². The molecule has 1 N–H and O–H groups in total. The number of hydrogen-bond acceptors (Lipinski definition) is 3. The van der Waals surface area contributed by atoms with Crippen LogP contribution in [-0.4, -0.2) is 25.7 Å². The molecular weight excluding hydrogens is 278 g/mol. The van der Waals surface area contributed by atoms with Crippen molar-refractivity contribution in [1.29, 1.82) is 0 Å². The van der Waals surface area contributed by atoms with Crippen LogP contribution < -0.4 is 14.8 Å². The fourth-order valence-corrected chi connectivity index (χ4v) is 2.70. The van der Waals surface area contributed by atoms with E-state index in [9.17, 15) is 4.79 Å². The van der Waals surface area contributed by atoms with Gasteiger partial charge in [-0.3, -0.25) is 4.79 Å². The molecule has 0 saturated heterocycles. The van der Waals surface area contributed by atoms with Gasteiger partial charge in [0.15, 0.2) is 11.5 Å². The summed E-state index contributed by atoms with van der Waals surface area (Å²) in [4.78, 5) is 12.4. The number of hydrogen-bond donors (Lipinski definition) is 1. The Hall–Kier alpha value is -1.71. The van der Waals surface area contributed by atoms with Crippen LogP contribution in [0, 0.1) is 5.92 Å². The van der Waals surface area contributed by atoms with Crippen molar-refractivity contribution in [1.82, 2.24) is 5.32 Å². The van der Waals surface area contributed by atoms with E-state index in [1.165, 1.54) is 19.3 Å². The van der Waals surface area contributed by atoms with Crippen molar-refractivity contribution < 1.29 is 14.3 Å². The van der Waals surface area contributed by atoms with Crippen LogP contribution in [0.3, 0.4) is 0 Å². The maximum Gasteiger partial charge on any atom is 0.251 e. The summed E-state index contributed by atoms with van der Waals surface area (Å²) in [5.41, 5.74) is 0.624. The van der Waals surface area contributed by atoms with Gasteiger partial charge in [0.05, 0.1) is 13.7 Å². The summed E-state index contributed by atoms with van der Waals surface area (Å²) in [6.45, 7) is 4.82. The minimum Gasteiger partial charge on any atom is -0.493 e. The van der Waals surface area contributed by atoms with Crippen LogP contribution >= 0.6 is 0 Å². The quantitative estimate of drug-likeness (QED) is 0.869. The minimum absolute atomic E-state index is 0.0272. The van der Waals surface area contributed by atoms with Crippen LogP contribution in [0.2, 0.25) is 0 Å². The van der Waals surface area contributed by atoms with Gasteiger partial charge in [-0.1, -0.05) is 33.1 Å². The molecule has 0 bridgehead atoms. The van der Waals surface area contributed by atoms with Crippen molar-refractivity contribution in [3.63, 3.8) is 0 Å². The second-order valence-electron chi connectivity index (χ2n) is 6.38. The van der Waals surface area contributed by atoms with Gasteiger partial charge in [-0.05, 0) is 37.0 Å². The third-order valence-electron chi connectivity index (χ3n) is 3.94. The Bertz CT molecular complexity index is 493. The van der Waals surface area contributed by atoms with Crippen LogP contribution in [0.5, 0.6) is 11.5 Å². The van der Waals surface area contributed by atoms with Crippen LogP contribution in [-0.2, 0) is 0 Å². The highest BCUT2D eigenvalue weighted by Gasteiger charge is 2.18. The summed E-state index contributed by atoms with van der Waals surface area (Å²) >= 11 is 0. The summed E-state index contributed by atoms with van der Waals surface area (Å²) in [5.74, 6) is 1.71. The van der Waals surface area contributed by atoms with E-state index in [2.05, 4.69) is 19.2 Å². The first kappa shape index (κ1) is 16.7. The Balaban J connectivity index is 2.02. The molecule has 1 aliphatic rings. The third kappa shape index (κ3) is 4.65. The van der Waals surface area contributed by atoms with E-state index in [-0.39, 0.29) is 5.91 Å². The number of ether oxygens (including phenoxy) is 2.